The van der Waals surface area contributed by atoms with Crippen LogP contribution in [0.2, 0.25) is 0 Å². The maximum atomic E-state index is 13.4. The van der Waals surface area contributed by atoms with E-state index in [0.717, 1.165) is 79.6 Å². The number of aliphatic carboxylic acids is 1. The van der Waals surface area contributed by atoms with Gasteiger partial charge in [0.2, 0.25) is 0 Å². The second-order valence-electron chi connectivity index (χ2n) is 9.98. The van der Waals surface area contributed by atoms with Crippen LogP contribution < -0.4 is 0 Å². The molecule has 6 nitrogen and oxygen atoms in total. The van der Waals surface area contributed by atoms with Crippen molar-refractivity contribution in [1.82, 2.24) is 14.7 Å². The van der Waals surface area contributed by atoms with Crippen molar-refractivity contribution in [2.75, 3.05) is 12.3 Å². The van der Waals surface area contributed by atoms with Gasteiger partial charge >= 0.3 is 5.97 Å². The molecule has 3 aromatic rings. The Morgan fingerprint density at radius 1 is 0.976 bits per heavy atom. The minimum absolute atomic E-state index is 0.0356. The minimum atomic E-state index is -0.713. The van der Waals surface area contributed by atoms with E-state index in [0.29, 0.717) is 15.8 Å². The van der Waals surface area contributed by atoms with E-state index >= 15 is 0 Å². The molecule has 1 saturated heterocycles. The second-order valence-corrected chi connectivity index (χ2v) is 13.0. The van der Waals surface area contributed by atoms with Crippen LogP contribution in [0.15, 0.2) is 70.6 Å². The molecule has 4 rings (SSSR count). The predicted octanol–water partition coefficient (Wildman–Crippen LogP) is 8.45. The molecule has 1 aliphatic rings. The van der Waals surface area contributed by atoms with Gasteiger partial charge in [0.05, 0.1) is 16.3 Å². The lowest BCUT2D eigenvalue weighted by Crippen LogP contribution is -2.29. The zero-order valence-corrected chi connectivity index (χ0v) is 25.9. The summed E-state index contributed by atoms with van der Waals surface area (Å²) in [5.41, 5.74) is 3.67. The molecule has 0 radical (unpaired) electrons. The molecule has 1 amide bonds. The fourth-order valence-corrected chi connectivity index (χ4v) is 6.71. The third-order valence-electron chi connectivity index (χ3n) is 6.88. The van der Waals surface area contributed by atoms with Crippen LogP contribution >= 0.6 is 35.7 Å². The molecule has 1 N–H and O–H groups in total. The molecule has 1 aromatic heterocycles. The van der Waals surface area contributed by atoms with Crippen LogP contribution in [-0.4, -0.2) is 48.3 Å². The summed E-state index contributed by atoms with van der Waals surface area (Å²) in [7, 11) is 0. The topological polar surface area (TPSA) is 75.4 Å². The van der Waals surface area contributed by atoms with Crippen molar-refractivity contribution >= 4 is 58.0 Å². The molecule has 9 heteroatoms. The second kappa shape index (κ2) is 15.9. The standard InChI is InChI=1S/C32H37N3O3S3/c1-2-40-27-19-17-24(18-20-27)30-25(23-35(33-30)26-14-10-9-11-15-26)22-28-31(38)34(32(39)41-28)21-13-8-6-4-3-5-7-12-16-29(36)37/h9-11,14-15,17-20,22-23H,2-8,12-13,16,21H2,1H3,(H,36,37). The molecule has 1 fully saturated rings. The molecule has 0 aliphatic carbocycles. The van der Waals surface area contributed by atoms with Crippen LogP contribution in [0, 0.1) is 0 Å². The smallest absolute Gasteiger partial charge is 0.303 e. The number of carbonyl (C=O) groups excluding carboxylic acids is 1. The summed E-state index contributed by atoms with van der Waals surface area (Å²) in [5.74, 6) is 0.270. The summed E-state index contributed by atoms with van der Waals surface area (Å²) >= 11 is 8.77. The molecule has 0 saturated carbocycles. The predicted molar refractivity (Wildman–Crippen MR) is 174 cm³/mol. The Morgan fingerprint density at radius 3 is 2.29 bits per heavy atom. The molecule has 0 bridgehead atoms. The first-order valence-electron chi connectivity index (χ1n) is 14.3. The first-order valence-corrected chi connectivity index (χ1v) is 16.5. The number of thioether (sulfide) groups is 2. The quantitative estimate of drug-likeness (QED) is 0.0758. The van der Waals surface area contributed by atoms with E-state index in [9.17, 15) is 9.59 Å². The monoisotopic (exact) mass is 607 g/mol. The Balaban J connectivity index is 1.39. The van der Waals surface area contributed by atoms with E-state index in [1.165, 1.54) is 16.7 Å². The van der Waals surface area contributed by atoms with E-state index < -0.39 is 5.97 Å². The number of thiocarbonyl (C=S) groups is 1. The van der Waals surface area contributed by atoms with Crippen molar-refractivity contribution in [1.29, 1.82) is 0 Å². The van der Waals surface area contributed by atoms with Gasteiger partial charge in [-0.3, -0.25) is 14.5 Å². The Labute approximate surface area is 256 Å². The van der Waals surface area contributed by atoms with Gasteiger partial charge in [-0.15, -0.1) is 11.8 Å². The van der Waals surface area contributed by atoms with Gasteiger partial charge in [0, 0.05) is 35.2 Å². The first-order chi connectivity index (χ1) is 20.0. The van der Waals surface area contributed by atoms with Gasteiger partial charge in [-0.05, 0) is 48.9 Å². The maximum Gasteiger partial charge on any atom is 0.303 e. The first kappa shape index (κ1) is 31.1. The minimum Gasteiger partial charge on any atom is -0.481 e. The maximum absolute atomic E-state index is 13.4. The van der Waals surface area contributed by atoms with E-state index in [-0.39, 0.29) is 12.3 Å². The summed E-state index contributed by atoms with van der Waals surface area (Å²) < 4.78 is 2.47. The number of nitrogens with zero attached hydrogens (tertiary/aromatic N) is 3. The number of hydrogen-bond donors (Lipinski definition) is 1. The molecule has 0 unspecified atom stereocenters. The summed E-state index contributed by atoms with van der Waals surface area (Å²) in [6, 6.07) is 18.4. The molecular formula is C32H37N3O3S3. The van der Waals surface area contributed by atoms with E-state index in [1.54, 1.807) is 16.7 Å². The van der Waals surface area contributed by atoms with Gasteiger partial charge in [0.15, 0.2) is 0 Å². The summed E-state index contributed by atoms with van der Waals surface area (Å²) in [6.07, 6.45) is 12.3. The molecule has 41 heavy (non-hydrogen) atoms. The van der Waals surface area contributed by atoms with E-state index in [1.807, 2.05) is 47.3 Å². The van der Waals surface area contributed by atoms with Gasteiger partial charge in [-0.2, -0.15) is 5.10 Å². The van der Waals surface area contributed by atoms with Crippen LogP contribution in [-0.2, 0) is 9.59 Å². The average molecular weight is 608 g/mol. The van der Waals surface area contributed by atoms with Crippen molar-refractivity contribution in [3.05, 3.63) is 71.3 Å². The number of carboxylic acids is 1. The van der Waals surface area contributed by atoms with Gasteiger partial charge in [0.1, 0.15) is 4.32 Å². The number of carboxylic acid groups (broad SMARTS) is 1. The van der Waals surface area contributed by atoms with E-state index in [2.05, 4.69) is 31.2 Å². The van der Waals surface area contributed by atoms with Gasteiger partial charge in [0.25, 0.3) is 5.91 Å². The highest BCUT2D eigenvalue weighted by Crippen LogP contribution is 2.35. The number of benzene rings is 2. The Hall–Kier alpha value is -2.88. The third kappa shape index (κ3) is 9.05. The van der Waals surface area contributed by atoms with Gasteiger partial charge < -0.3 is 5.11 Å². The lowest BCUT2D eigenvalue weighted by atomic mass is 10.1. The molecule has 2 aromatic carbocycles. The van der Waals surface area contributed by atoms with Crippen molar-refractivity contribution in [2.24, 2.45) is 0 Å². The summed E-state index contributed by atoms with van der Waals surface area (Å²) in [4.78, 5) is 27.5. The highest BCUT2D eigenvalue weighted by atomic mass is 32.2. The molecule has 0 spiro atoms. The normalized spacial score (nSPS) is 14.4. The summed E-state index contributed by atoms with van der Waals surface area (Å²) in [5, 5.41) is 13.6. The Bertz CT molecular complexity index is 1350. The van der Waals surface area contributed by atoms with Gasteiger partial charge in [-0.1, -0.05) is 99.8 Å². The number of aromatic nitrogens is 2. The highest BCUT2D eigenvalue weighted by Gasteiger charge is 2.32. The lowest BCUT2D eigenvalue weighted by molar-refractivity contribution is -0.137. The van der Waals surface area contributed by atoms with Crippen LogP contribution in [0.5, 0.6) is 0 Å². The third-order valence-corrected chi connectivity index (χ3v) is 9.16. The zero-order chi connectivity index (χ0) is 29.0. The van der Waals surface area contributed by atoms with Crippen molar-refractivity contribution in [3.8, 4) is 16.9 Å². The highest BCUT2D eigenvalue weighted by molar-refractivity contribution is 8.26. The molecule has 0 atom stereocenters. The number of carbonyl (C=O) groups is 2. The molecule has 216 valence electrons. The Kier molecular flexibility index (Phi) is 12.1. The van der Waals surface area contributed by atoms with Crippen LogP contribution in [0.4, 0.5) is 0 Å². The van der Waals surface area contributed by atoms with Gasteiger partial charge in [-0.25, -0.2) is 4.68 Å². The fraction of sp³-hybridized carbons (Fsp3) is 0.375. The van der Waals surface area contributed by atoms with Crippen LogP contribution in [0.3, 0.4) is 0 Å². The lowest BCUT2D eigenvalue weighted by Gasteiger charge is -2.14. The number of rotatable bonds is 16. The number of hydrogen-bond acceptors (Lipinski definition) is 6. The van der Waals surface area contributed by atoms with Crippen molar-refractivity contribution < 1.29 is 14.7 Å². The number of para-hydroxylation sites is 1. The largest absolute Gasteiger partial charge is 0.481 e. The Morgan fingerprint density at radius 2 is 1.63 bits per heavy atom. The number of unbranched alkanes of at least 4 members (excludes halogenated alkanes) is 7. The van der Waals surface area contributed by atoms with Crippen molar-refractivity contribution in [3.63, 3.8) is 0 Å². The van der Waals surface area contributed by atoms with Crippen LogP contribution in [0.1, 0.15) is 70.3 Å². The zero-order valence-electron chi connectivity index (χ0n) is 23.5. The molecule has 2 heterocycles. The number of amides is 1. The van der Waals surface area contributed by atoms with Crippen molar-refractivity contribution in [2.45, 2.75) is 69.6 Å². The molecular weight excluding hydrogens is 571 g/mol. The van der Waals surface area contributed by atoms with Crippen LogP contribution in [0.25, 0.3) is 23.0 Å². The molecule has 1 aliphatic heterocycles. The average Bonchev–Trinajstić information content (AvgIpc) is 3.51. The SMILES string of the molecule is CCSc1ccc(-c2nn(-c3ccccc3)cc2C=C2SC(=S)N(CCCCCCCCCCC(=O)O)C2=O)cc1. The van der Waals surface area contributed by atoms with E-state index in [4.69, 9.17) is 22.4 Å². The summed E-state index contributed by atoms with van der Waals surface area (Å²) in [6.45, 7) is 2.78. The fourth-order valence-electron chi connectivity index (χ4n) is 4.75.